The molecule has 0 radical (unpaired) electrons. The van der Waals surface area contributed by atoms with Crippen molar-refractivity contribution in [1.82, 2.24) is 9.13 Å². The Morgan fingerprint density at radius 3 is 1.81 bits per heavy atom. The van der Waals surface area contributed by atoms with Crippen LogP contribution in [0.1, 0.15) is 37.3 Å². The molecule has 1 aliphatic rings. The highest BCUT2D eigenvalue weighted by atomic mass is 31.2. The van der Waals surface area contributed by atoms with E-state index in [0.717, 1.165) is 31.0 Å². The van der Waals surface area contributed by atoms with Crippen molar-refractivity contribution in [2.75, 3.05) is 27.2 Å². The van der Waals surface area contributed by atoms with Gasteiger partial charge in [-0.25, -0.2) is 19.2 Å². The lowest BCUT2D eigenvalue weighted by Crippen LogP contribution is -2.47. The van der Waals surface area contributed by atoms with Gasteiger partial charge in [-0.15, -0.1) is 0 Å². The molecule has 1 aromatic heterocycles. The third-order valence-electron chi connectivity index (χ3n) is 7.98. The minimum atomic E-state index is -4.25. The van der Waals surface area contributed by atoms with Crippen molar-refractivity contribution >= 4 is 31.2 Å². The Hall–Kier alpha value is -5.51. The summed E-state index contributed by atoms with van der Waals surface area (Å²) in [6.07, 6.45) is -6.59. The number of carbonyl (C=O) groups is 4. The number of ether oxygens (including phenoxy) is 5. The Balaban J connectivity index is 1.62. The van der Waals surface area contributed by atoms with Gasteiger partial charge >= 0.3 is 23.6 Å². The van der Waals surface area contributed by atoms with Crippen molar-refractivity contribution in [2.24, 2.45) is 0 Å². The molecule has 16 nitrogen and oxygen atoms in total. The van der Waals surface area contributed by atoms with Crippen molar-refractivity contribution in [3.05, 3.63) is 141 Å². The van der Waals surface area contributed by atoms with E-state index >= 15 is 0 Å². The molecule has 4 aromatic rings. The Labute approximate surface area is 295 Å². The molecular weight excluding hydrogens is 703 g/mol. The van der Waals surface area contributed by atoms with Crippen LogP contribution in [-0.2, 0) is 37.6 Å². The number of aliphatic hydroxyl groups excluding tert-OH is 1. The average Bonchev–Trinajstić information content (AvgIpc) is 3.50. The van der Waals surface area contributed by atoms with Crippen LogP contribution in [0.2, 0.25) is 0 Å². The van der Waals surface area contributed by atoms with Crippen LogP contribution in [0, 0.1) is 0 Å². The largest absolute Gasteiger partial charge is 0.467 e. The fourth-order valence-electron chi connectivity index (χ4n) is 5.30. The predicted octanol–water partition coefficient (Wildman–Crippen LogP) is 2.44. The average molecular weight is 737 g/mol. The first-order valence-electron chi connectivity index (χ1n) is 15.6. The van der Waals surface area contributed by atoms with Gasteiger partial charge in [-0.3, -0.25) is 18.7 Å². The number of methoxy groups -OCH3 is 1. The number of hydrogen-bond acceptors (Lipinski definition) is 14. The number of aliphatic hydroxyl groups is 1. The van der Waals surface area contributed by atoms with E-state index in [-0.39, 0.29) is 16.7 Å². The lowest BCUT2D eigenvalue weighted by Gasteiger charge is -2.26. The van der Waals surface area contributed by atoms with Crippen LogP contribution in [-0.4, -0.2) is 89.4 Å². The van der Waals surface area contributed by atoms with Gasteiger partial charge in [-0.2, -0.15) is 4.57 Å². The highest BCUT2D eigenvalue weighted by Crippen LogP contribution is 2.51. The zero-order valence-electron chi connectivity index (χ0n) is 27.7. The molecule has 272 valence electrons. The molecule has 1 saturated heterocycles. The molecule has 6 atom stereocenters. The van der Waals surface area contributed by atoms with Crippen LogP contribution in [0.3, 0.4) is 0 Å². The number of aromatic nitrogens is 2. The van der Waals surface area contributed by atoms with E-state index in [9.17, 15) is 38.4 Å². The molecule has 0 spiro atoms. The number of esters is 3. The summed E-state index contributed by atoms with van der Waals surface area (Å²) in [5, 5.41) is 9.81. The number of hydrogen-bond donors (Lipinski definition) is 1. The summed E-state index contributed by atoms with van der Waals surface area (Å²) in [5.41, 5.74) is -2.01. The summed E-state index contributed by atoms with van der Waals surface area (Å²) in [6.45, 7) is -0.743. The van der Waals surface area contributed by atoms with E-state index in [2.05, 4.69) is 0 Å². The van der Waals surface area contributed by atoms with E-state index in [4.69, 9.17) is 28.2 Å². The first-order valence-corrected chi connectivity index (χ1v) is 17.5. The summed E-state index contributed by atoms with van der Waals surface area (Å²) in [4.78, 5) is 79.9. The van der Waals surface area contributed by atoms with Gasteiger partial charge < -0.3 is 33.3 Å². The van der Waals surface area contributed by atoms with Gasteiger partial charge in [0.15, 0.2) is 18.4 Å². The maximum atomic E-state index is 14.0. The Morgan fingerprint density at radius 1 is 0.788 bits per heavy atom. The Bertz CT molecular complexity index is 2060. The second kappa shape index (κ2) is 16.7. The molecule has 1 aliphatic heterocycles. The third-order valence-corrected chi connectivity index (χ3v) is 10.1. The molecule has 2 heterocycles. The fraction of sp³-hybridized carbons (Fsp3) is 0.257. The van der Waals surface area contributed by atoms with E-state index in [1.807, 2.05) is 0 Å². The zero-order valence-corrected chi connectivity index (χ0v) is 28.6. The fourth-order valence-corrected chi connectivity index (χ4v) is 6.50. The third kappa shape index (κ3) is 8.01. The van der Waals surface area contributed by atoms with Crippen LogP contribution in [0.4, 0.5) is 0 Å². The van der Waals surface area contributed by atoms with Gasteiger partial charge in [0.05, 0.1) is 24.8 Å². The topological polar surface area (TPSA) is 205 Å². The molecule has 1 fully saturated rings. The molecule has 0 bridgehead atoms. The normalized spacial score (nSPS) is 19.9. The number of benzene rings is 3. The highest BCUT2D eigenvalue weighted by Gasteiger charge is 2.52. The second-order valence-electron chi connectivity index (χ2n) is 11.1. The molecule has 3 aromatic carbocycles. The lowest BCUT2D eigenvalue weighted by molar-refractivity contribution is -0.152. The molecule has 0 amide bonds. The second-order valence-corrected chi connectivity index (χ2v) is 13.7. The highest BCUT2D eigenvalue weighted by molar-refractivity contribution is 7.60. The van der Waals surface area contributed by atoms with Crippen LogP contribution in [0.15, 0.2) is 113 Å². The Morgan fingerprint density at radius 2 is 1.31 bits per heavy atom. The summed E-state index contributed by atoms with van der Waals surface area (Å²) in [6, 6.07) is 23.8. The van der Waals surface area contributed by atoms with Crippen LogP contribution >= 0.6 is 7.37 Å². The van der Waals surface area contributed by atoms with Gasteiger partial charge in [-0.05, 0) is 36.4 Å². The van der Waals surface area contributed by atoms with E-state index in [1.165, 1.54) is 48.5 Å². The van der Waals surface area contributed by atoms with Crippen LogP contribution in [0.25, 0.3) is 0 Å². The van der Waals surface area contributed by atoms with Gasteiger partial charge in [0.2, 0.25) is 5.85 Å². The number of nitrogens with zero attached hydrogens (tertiary/aromatic N) is 2. The summed E-state index contributed by atoms with van der Waals surface area (Å²) < 4.78 is 47.6. The molecule has 0 saturated carbocycles. The quantitative estimate of drug-likeness (QED) is 0.119. The molecule has 6 unspecified atom stereocenters. The van der Waals surface area contributed by atoms with Crippen molar-refractivity contribution in [1.29, 1.82) is 0 Å². The lowest BCUT2D eigenvalue weighted by atomic mass is 10.1. The molecular formula is C35H33N2O14P. The molecule has 1 N–H and O–H groups in total. The number of rotatable bonds is 13. The monoisotopic (exact) mass is 736 g/mol. The van der Waals surface area contributed by atoms with Crippen molar-refractivity contribution in [2.45, 2.75) is 30.4 Å². The van der Waals surface area contributed by atoms with Gasteiger partial charge in [0, 0.05) is 24.9 Å². The summed E-state index contributed by atoms with van der Waals surface area (Å²) in [5.74, 6) is -5.98. The maximum absolute atomic E-state index is 14.0. The smallest absolute Gasteiger partial charge is 0.345 e. The molecule has 52 heavy (non-hydrogen) atoms. The zero-order chi connectivity index (χ0) is 37.4. The van der Waals surface area contributed by atoms with Crippen LogP contribution < -0.4 is 11.2 Å². The van der Waals surface area contributed by atoms with E-state index in [0.29, 0.717) is 4.57 Å². The molecule has 5 rings (SSSR count). The van der Waals surface area contributed by atoms with Gasteiger partial charge in [0.25, 0.3) is 18.8 Å². The molecule has 0 aliphatic carbocycles. The first-order chi connectivity index (χ1) is 25.0. The van der Waals surface area contributed by atoms with Crippen LogP contribution in [0.5, 0.6) is 0 Å². The summed E-state index contributed by atoms with van der Waals surface area (Å²) >= 11 is 0. The standard InChI is InChI=1S/C35H33N2O14P/c1-46-33(43)34(52(45,21-38)47-2)48-20-25-27(50-31(41)23-14-8-4-9-15-23)28(51-32(42)24-16-10-5-11-17-24)30(49-25)36-19-18-26(39)37(35(36)44)29(40)22-12-6-3-7-13-22/h3-19,25,27-28,30,34,38H,20-21H2,1-2H3. The van der Waals surface area contributed by atoms with Gasteiger partial charge in [0.1, 0.15) is 12.5 Å². The first kappa shape index (κ1) is 37.7. The minimum absolute atomic E-state index is 0.0140. The number of carbonyl (C=O) groups excluding carboxylic acids is 4. The van der Waals surface area contributed by atoms with Crippen molar-refractivity contribution in [3.63, 3.8) is 0 Å². The minimum Gasteiger partial charge on any atom is -0.467 e. The predicted molar refractivity (Wildman–Crippen MR) is 180 cm³/mol. The molecule has 17 heteroatoms. The van der Waals surface area contributed by atoms with E-state index < -0.39 is 85.8 Å². The Kier molecular flexibility index (Phi) is 12.1. The van der Waals surface area contributed by atoms with Crippen molar-refractivity contribution in [3.8, 4) is 0 Å². The summed E-state index contributed by atoms with van der Waals surface area (Å²) in [7, 11) is -2.28. The van der Waals surface area contributed by atoms with E-state index in [1.54, 1.807) is 42.5 Å². The van der Waals surface area contributed by atoms with Crippen molar-refractivity contribution < 1.29 is 57.1 Å². The van der Waals surface area contributed by atoms with Gasteiger partial charge in [-0.1, -0.05) is 54.6 Å². The maximum Gasteiger partial charge on any atom is 0.345 e. The SMILES string of the molecule is COC(=O)C(OCC1OC(n2ccc(=O)n(C(=O)c3ccccc3)c2=O)C(OC(=O)c2ccccc2)C1OC(=O)c1ccccc1)P(=O)(CO)OC.